The minimum Gasteiger partial charge on any atom is -0.484 e. The lowest BCUT2D eigenvalue weighted by Gasteiger charge is -2.19. The van der Waals surface area contributed by atoms with Crippen LogP contribution in [-0.4, -0.2) is 24.9 Å². The van der Waals surface area contributed by atoms with E-state index in [-0.39, 0.29) is 6.17 Å². The summed E-state index contributed by atoms with van der Waals surface area (Å²) in [6.07, 6.45) is 0.827. The van der Waals surface area contributed by atoms with Gasteiger partial charge < -0.3 is 4.74 Å². The quantitative estimate of drug-likeness (QED) is 0.588. The Morgan fingerprint density at radius 3 is 2.58 bits per heavy atom. The van der Waals surface area contributed by atoms with Gasteiger partial charge in [0.2, 0.25) is 0 Å². The SMILES string of the molecule is COC1=NC(C(C)C)N=C(C)C1. The van der Waals surface area contributed by atoms with E-state index in [0.29, 0.717) is 5.92 Å². The van der Waals surface area contributed by atoms with Crippen LogP contribution in [0.3, 0.4) is 0 Å². The molecule has 1 unspecified atom stereocenters. The number of hydrogen-bond donors (Lipinski definition) is 0. The van der Waals surface area contributed by atoms with E-state index in [1.165, 1.54) is 0 Å². The zero-order valence-corrected chi connectivity index (χ0v) is 8.16. The summed E-state index contributed by atoms with van der Waals surface area (Å²) < 4.78 is 5.11. The smallest absolute Gasteiger partial charge is 0.190 e. The highest BCUT2D eigenvalue weighted by Gasteiger charge is 2.17. The van der Waals surface area contributed by atoms with E-state index in [1.54, 1.807) is 7.11 Å². The largest absolute Gasteiger partial charge is 0.484 e. The molecule has 68 valence electrons. The maximum atomic E-state index is 5.11. The van der Waals surface area contributed by atoms with Crippen LogP contribution in [0.15, 0.2) is 9.98 Å². The molecule has 12 heavy (non-hydrogen) atoms. The van der Waals surface area contributed by atoms with Gasteiger partial charge in [-0.25, -0.2) is 4.99 Å². The van der Waals surface area contributed by atoms with Crippen molar-refractivity contribution in [3.05, 3.63) is 0 Å². The molecule has 0 spiro atoms. The summed E-state index contributed by atoms with van der Waals surface area (Å²) in [5, 5.41) is 0. The molecule has 3 nitrogen and oxygen atoms in total. The Labute approximate surface area is 73.6 Å². The van der Waals surface area contributed by atoms with Gasteiger partial charge in [0, 0.05) is 5.71 Å². The van der Waals surface area contributed by atoms with Crippen molar-refractivity contribution < 1.29 is 4.74 Å². The Bertz CT molecular complexity index is 219. The predicted octanol–water partition coefficient (Wildman–Crippen LogP) is 1.88. The summed E-state index contributed by atoms with van der Waals surface area (Å²) in [5.74, 6) is 1.26. The number of ether oxygens (including phenoxy) is 1. The zero-order valence-electron chi connectivity index (χ0n) is 8.16. The summed E-state index contributed by atoms with van der Waals surface area (Å²) in [4.78, 5) is 8.79. The molecule has 0 saturated heterocycles. The number of rotatable bonds is 1. The fourth-order valence-corrected chi connectivity index (χ4v) is 1.14. The van der Waals surface area contributed by atoms with Crippen LogP contribution in [0.2, 0.25) is 0 Å². The van der Waals surface area contributed by atoms with Gasteiger partial charge in [-0.2, -0.15) is 0 Å². The van der Waals surface area contributed by atoms with Crippen molar-refractivity contribution in [2.75, 3.05) is 7.11 Å². The first-order valence-electron chi connectivity index (χ1n) is 4.27. The van der Waals surface area contributed by atoms with E-state index in [0.717, 1.165) is 18.0 Å². The molecular formula is C9H16N2O. The van der Waals surface area contributed by atoms with Crippen molar-refractivity contribution in [1.29, 1.82) is 0 Å². The summed E-state index contributed by atoms with van der Waals surface area (Å²) >= 11 is 0. The lowest BCUT2D eigenvalue weighted by molar-refractivity contribution is 0.379. The van der Waals surface area contributed by atoms with Crippen LogP contribution in [0.5, 0.6) is 0 Å². The molecule has 0 aromatic rings. The van der Waals surface area contributed by atoms with Gasteiger partial charge in [0.05, 0.1) is 13.5 Å². The average Bonchev–Trinajstić information content (AvgIpc) is 2.03. The molecule has 0 aromatic heterocycles. The Kier molecular flexibility index (Phi) is 2.84. The Morgan fingerprint density at radius 1 is 1.42 bits per heavy atom. The van der Waals surface area contributed by atoms with E-state index >= 15 is 0 Å². The Hall–Kier alpha value is -0.860. The van der Waals surface area contributed by atoms with Crippen molar-refractivity contribution >= 4 is 11.6 Å². The molecule has 0 radical (unpaired) electrons. The van der Waals surface area contributed by atoms with E-state index in [4.69, 9.17) is 4.74 Å². The molecule has 0 N–H and O–H groups in total. The second-order valence-electron chi connectivity index (χ2n) is 3.43. The number of aliphatic imine (C=N–C) groups is 2. The molecular weight excluding hydrogens is 152 g/mol. The topological polar surface area (TPSA) is 34.0 Å². The fraction of sp³-hybridized carbons (Fsp3) is 0.778. The minimum atomic E-state index is 0.0636. The summed E-state index contributed by atoms with van der Waals surface area (Å²) in [5.41, 5.74) is 1.11. The molecule has 1 aliphatic heterocycles. The third-order valence-corrected chi connectivity index (χ3v) is 1.87. The van der Waals surface area contributed by atoms with Crippen molar-refractivity contribution in [2.45, 2.75) is 33.4 Å². The van der Waals surface area contributed by atoms with Crippen molar-refractivity contribution in [3.8, 4) is 0 Å². The van der Waals surface area contributed by atoms with Crippen LogP contribution in [0, 0.1) is 5.92 Å². The molecule has 0 saturated carbocycles. The molecule has 1 atom stereocenters. The standard InChI is InChI=1S/C9H16N2O/c1-6(2)9-10-7(3)5-8(11-9)12-4/h6,9H,5H2,1-4H3. The van der Waals surface area contributed by atoms with Gasteiger partial charge in [-0.05, 0) is 12.8 Å². The Balaban J connectivity index is 2.73. The molecule has 0 aliphatic carbocycles. The first-order valence-corrected chi connectivity index (χ1v) is 4.27. The number of nitrogens with zero attached hydrogens (tertiary/aromatic N) is 2. The maximum absolute atomic E-state index is 5.11. The van der Waals surface area contributed by atoms with Crippen LogP contribution in [0.1, 0.15) is 27.2 Å². The van der Waals surface area contributed by atoms with Gasteiger partial charge in [-0.1, -0.05) is 13.8 Å². The van der Waals surface area contributed by atoms with Crippen molar-refractivity contribution in [3.63, 3.8) is 0 Å². The predicted molar refractivity (Wildman–Crippen MR) is 50.8 cm³/mol. The fourth-order valence-electron chi connectivity index (χ4n) is 1.14. The summed E-state index contributed by atoms with van der Waals surface area (Å²) in [6.45, 7) is 6.25. The number of methoxy groups -OCH3 is 1. The summed E-state index contributed by atoms with van der Waals surface area (Å²) in [6, 6.07) is 0. The van der Waals surface area contributed by atoms with Crippen LogP contribution in [0.25, 0.3) is 0 Å². The van der Waals surface area contributed by atoms with E-state index in [2.05, 4.69) is 23.8 Å². The summed E-state index contributed by atoms with van der Waals surface area (Å²) in [7, 11) is 1.66. The lowest BCUT2D eigenvalue weighted by Crippen LogP contribution is -2.22. The highest BCUT2D eigenvalue weighted by Crippen LogP contribution is 2.14. The monoisotopic (exact) mass is 168 g/mol. The van der Waals surface area contributed by atoms with Gasteiger partial charge in [0.1, 0.15) is 6.17 Å². The first-order chi connectivity index (χ1) is 5.63. The van der Waals surface area contributed by atoms with Gasteiger partial charge in [-0.3, -0.25) is 4.99 Å². The normalized spacial score (nSPS) is 23.6. The van der Waals surface area contributed by atoms with Crippen molar-refractivity contribution in [1.82, 2.24) is 0 Å². The molecule has 1 rings (SSSR count). The molecule has 1 aliphatic rings. The van der Waals surface area contributed by atoms with Crippen molar-refractivity contribution in [2.24, 2.45) is 15.9 Å². The van der Waals surface area contributed by atoms with Gasteiger partial charge in [-0.15, -0.1) is 0 Å². The molecule has 0 amide bonds. The average molecular weight is 168 g/mol. The highest BCUT2D eigenvalue weighted by atomic mass is 16.5. The molecule has 0 aromatic carbocycles. The van der Waals surface area contributed by atoms with E-state index < -0.39 is 0 Å². The second-order valence-corrected chi connectivity index (χ2v) is 3.43. The first kappa shape index (κ1) is 9.23. The minimum absolute atomic E-state index is 0.0636. The van der Waals surface area contributed by atoms with Gasteiger partial charge >= 0.3 is 0 Å². The highest BCUT2D eigenvalue weighted by molar-refractivity contribution is 6.01. The zero-order chi connectivity index (χ0) is 9.14. The van der Waals surface area contributed by atoms with Crippen LogP contribution in [-0.2, 0) is 4.74 Å². The molecule has 0 bridgehead atoms. The second kappa shape index (κ2) is 3.70. The maximum Gasteiger partial charge on any atom is 0.190 e. The van der Waals surface area contributed by atoms with Gasteiger partial charge in [0.25, 0.3) is 0 Å². The third kappa shape index (κ3) is 2.06. The molecule has 1 heterocycles. The molecule has 0 fully saturated rings. The molecule has 3 heteroatoms. The Morgan fingerprint density at radius 2 is 2.08 bits per heavy atom. The van der Waals surface area contributed by atoms with E-state index in [9.17, 15) is 0 Å². The number of hydrogen-bond acceptors (Lipinski definition) is 3. The van der Waals surface area contributed by atoms with Crippen LogP contribution < -0.4 is 0 Å². The van der Waals surface area contributed by atoms with E-state index in [1.807, 2.05) is 6.92 Å². The third-order valence-electron chi connectivity index (χ3n) is 1.87. The van der Waals surface area contributed by atoms with Crippen LogP contribution >= 0.6 is 0 Å². The lowest BCUT2D eigenvalue weighted by atomic mass is 10.1. The van der Waals surface area contributed by atoms with Crippen LogP contribution in [0.4, 0.5) is 0 Å². The van der Waals surface area contributed by atoms with Gasteiger partial charge in [0.15, 0.2) is 5.90 Å².